The molecule has 1 heterocycles. The highest BCUT2D eigenvalue weighted by Gasteiger charge is 1.94. The van der Waals surface area contributed by atoms with E-state index in [-0.39, 0.29) is 0 Å². The van der Waals surface area contributed by atoms with Crippen LogP contribution in [0.5, 0.6) is 0 Å². The van der Waals surface area contributed by atoms with Crippen molar-refractivity contribution in [3.63, 3.8) is 0 Å². The summed E-state index contributed by atoms with van der Waals surface area (Å²) in [5.41, 5.74) is 1.01. The SMILES string of the molecule is Cn1ccc(CCON)n1. The summed E-state index contributed by atoms with van der Waals surface area (Å²) in [4.78, 5) is 4.41. The number of nitrogens with two attached hydrogens (primary N) is 1. The standard InChI is InChI=1S/C6H11N3O/c1-9-4-2-6(8-9)3-5-10-7/h2,4H,3,5,7H2,1H3. The second-order valence-corrected chi connectivity index (χ2v) is 2.10. The van der Waals surface area contributed by atoms with Gasteiger partial charge in [0, 0.05) is 19.7 Å². The summed E-state index contributed by atoms with van der Waals surface area (Å²) in [6, 6.07) is 1.94. The monoisotopic (exact) mass is 141 g/mol. The average molecular weight is 141 g/mol. The molecule has 1 aromatic heterocycles. The minimum absolute atomic E-state index is 0.525. The molecular weight excluding hydrogens is 130 g/mol. The van der Waals surface area contributed by atoms with E-state index in [0.29, 0.717) is 6.61 Å². The third-order valence-corrected chi connectivity index (χ3v) is 1.24. The molecule has 0 amide bonds. The lowest BCUT2D eigenvalue weighted by molar-refractivity contribution is 0.140. The van der Waals surface area contributed by atoms with Crippen LogP contribution in [0.3, 0.4) is 0 Å². The van der Waals surface area contributed by atoms with E-state index in [1.165, 1.54) is 0 Å². The number of nitrogens with zero attached hydrogens (tertiary/aromatic N) is 2. The summed E-state index contributed by atoms with van der Waals surface area (Å²) in [7, 11) is 1.88. The molecule has 0 aliphatic heterocycles. The first-order valence-electron chi connectivity index (χ1n) is 3.13. The van der Waals surface area contributed by atoms with E-state index >= 15 is 0 Å². The Hall–Kier alpha value is -0.870. The van der Waals surface area contributed by atoms with Crippen LogP contribution in [0.1, 0.15) is 5.69 Å². The Morgan fingerprint density at radius 3 is 3.10 bits per heavy atom. The Morgan fingerprint density at radius 2 is 2.60 bits per heavy atom. The first-order chi connectivity index (χ1) is 4.83. The van der Waals surface area contributed by atoms with Crippen LogP contribution in [-0.4, -0.2) is 16.4 Å². The van der Waals surface area contributed by atoms with Crippen molar-refractivity contribution in [1.82, 2.24) is 9.78 Å². The largest absolute Gasteiger partial charge is 0.304 e. The third kappa shape index (κ3) is 1.82. The van der Waals surface area contributed by atoms with E-state index in [9.17, 15) is 0 Å². The van der Waals surface area contributed by atoms with Crippen LogP contribution in [0.25, 0.3) is 0 Å². The van der Waals surface area contributed by atoms with Gasteiger partial charge in [-0.05, 0) is 6.07 Å². The minimum atomic E-state index is 0.525. The zero-order valence-electron chi connectivity index (χ0n) is 5.95. The van der Waals surface area contributed by atoms with Crippen LogP contribution >= 0.6 is 0 Å². The fourth-order valence-corrected chi connectivity index (χ4v) is 0.760. The van der Waals surface area contributed by atoms with Gasteiger partial charge in [-0.3, -0.25) is 4.68 Å². The van der Waals surface area contributed by atoms with Crippen LogP contribution in [0.15, 0.2) is 12.3 Å². The van der Waals surface area contributed by atoms with E-state index in [1.54, 1.807) is 4.68 Å². The van der Waals surface area contributed by atoms with Crippen LogP contribution in [0.4, 0.5) is 0 Å². The van der Waals surface area contributed by atoms with Gasteiger partial charge in [0.25, 0.3) is 0 Å². The molecule has 0 radical (unpaired) electrons. The zero-order valence-corrected chi connectivity index (χ0v) is 5.95. The van der Waals surface area contributed by atoms with Crippen molar-refractivity contribution in [2.24, 2.45) is 12.9 Å². The molecular formula is C6H11N3O. The van der Waals surface area contributed by atoms with Gasteiger partial charge in [-0.25, -0.2) is 5.90 Å². The molecule has 1 rings (SSSR count). The summed E-state index contributed by atoms with van der Waals surface area (Å²) >= 11 is 0. The van der Waals surface area contributed by atoms with Crippen LogP contribution < -0.4 is 5.90 Å². The van der Waals surface area contributed by atoms with Crippen LogP contribution in [-0.2, 0) is 18.3 Å². The van der Waals surface area contributed by atoms with Gasteiger partial charge < -0.3 is 4.84 Å². The number of hydrogen-bond acceptors (Lipinski definition) is 3. The van der Waals surface area contributed by atoms with E-state index < -0.39 is 0 Å². The molecule has 0 saturated carbocycles. The molecule has 0 spiro atoms. The van der Waals surface area contributed by atoms with Crippen molar-refractivity contribution < 1.29 is 4.84 Å². The summed E-state index contributed by atoms with van der Waals surface area (Å²) in [5, 5.41) is 4.13. The molecule has 0 atom stereocenters. The lowest BCUT2D eigenvalue weighted by Gasteiger charge is -1.92. The van der Waals surface area contributed by atoms with E-state index in [1.807, 2.05) is 19.3 Å². The minimum Gasteiger partial charge on any atom is -0.304 e. The van der Waals surface area contributed by atoms with Crippen molar-refractivity contribution in [2.75, 3.05) is 6.61 Å². The summed E-state index contributed by atoms with van der Waals surface area (Å²) in [5.74, 6) is 4.85. The zero-order chi connectivity index (χ0) is 7.40. The van der Waals surface area contributed by atoms with Gasteiger partial charge in [-0.15, -0.1) is 0 Å². The van der Waals surface area contributed by atoms with Crippen molar-refractivity contribution in [1.29, 1.82) is 0 Å². The predicted molar refractivity (Wildman–Crippen MR) is 37.1 cm³/mol. The molecule has 0 aromatic carbocycles. The lowest BCUT2D eigenvalue weighted by Crippen LogP contribution is -2.04. The molecule has 0 aliphatic carbocycles. The molecule has 4 heteroatoms. The van der Waals surface area contributed by atoms with Gasteiger partial charge in [-0.1, -0.05) is 0 Å². The normalized spacial score (nSPS) is 10.2. The second kappa shape index (κ2) is 3.34. The van der Waals surface area contributed by atoms with Crippen molar-refractivity contribution in [3.05, 3.63) is 18.0 Å². The molecule has 0 bridgehead atoms. The van der Waals surface area contributed by atoms with Crippen LogP contribution in [0.2, 0.25) is 0 Å². The summed E-state index contributed by atoms with van der Waals surface area (Å²) in [6.45, 7) is 0.525. The Balaban J connectivity index is 2.42. The van der Waals surface area contributed by atoms with Crippen molar-refractivity contribution in [3.8, 4) is 0 Å². The molecule has 56 valence electrons. The molecule has 0 aliphatic rings. The van der Waals surface area contributed by atoms with E-state index in [4.69, 9.17) is 5.90 Å². The highest BCUT2D eigenvalue weighted by Crippen LogP contribution is 1.93. The summed E-state index contributed by atoms with van der Waals surface area (Å²) < 4.78 is 1.76. The van der Waals surface area contributed by atoms with E-state index in [0.717, 1.165) is 12.1 Å². The smallest absolute Gasteiger partial charge is 0.0735 e. The summed E-state index contributed by atoms with van der Waals surface area (Å²) in [6.07, 6.45) is 2.67. The van der Waals surface area contributed by atoms with Gasteiger partial charge in [0.2, 0.25) is 0 Å². The molecule has 2 N–H and O–H groups in total. The molecule has 4 nitrogen and oxygen atoms in total. The highest BCUT2D eigenvalue weighted by atomic mass is 16.6. The molecule has 0 unspecified atom stereocenters. The first kappa shape index (κ1) is 7.24. The Morgan fingerprint density at radius 1 is 1.80 bits per heavy atom. The maximum atomic E-state index is 4.85. The van der Waals surface area contributed by atoms with Gasteiger partial charge in [-0.2, -0.15) is 5.10 Å². The average Bonchev–Trinajstić information content (AvgIpc) is 2.31. The number of rotatable bonds is 3. The predicted octanol–water partition coefficient (Wildman–Crippen LogP) is -0.147. The topological polar surface area (TPSA) is 53.1 Å². The van der Waals surface area contributed by atoms with Gasteiger partial charge in [0.05, 0.1) is 12.3 Å². The lowest BCUT2D eigenvalue weighted by atomic mass is 10.3. The van der Waals surface area contributed by atoms with Crippen LogP contribution in [0, 0.1) is 0 Å². The Bertz CT molecular complexity index is 197. The number of aryl methyl sites for hydroxylation is 1. The van der Waals surface area contributed by atoms with Gasteiger partial charge in [0.15, 0.2) is 0 Å². The number of aromatic nitrogens is 2. The van der Waals surface area contributed by atoms with Crippen molar-refractivity contribution >= 4 is 0 Å². The fraction of sp³-hybridized carbons (Fsp3) is 0.500. The quantitative estimate of drug-likeness (QED) is 0.596. The second-order valence-electron chi connectivity index (χ2n) is 2.10. The molecule has 0 fully saturated rings. The van der Waals surface area contributed by atoms with Gasteiger partial charge >= 0.3 is 0 Å². The highest BCUT2D eigenvalue weighted by molar-refractivity contribution is 4.98. The maximum Gasteiger partial charge on any atom is 0.0735 e. The van der Waals surface area contributed by atoms with Gasteiger partial charge in [0.1, 0.15) is 0 Å². The molecule has 10 heavy (non-hydrogen) atoms. The maximum absolute atomic E-state index is 4.85. The fourth-order valence-electron chi connectivity index (χ4n) is 0.760. The first-order valence-corrected chi connectivity index (χ1v) is 3.13. The van der Waals surface area contributed by atoms with Crippen molar-refractivity contribution in [2.45, 2.75) is 6.42 Å². The molecule has 1 aromatic rings. The third-order valence-electron chi connectivity index (χ3n) is 1.24. The Kier molecular flexibility index (Phi) is 2.42. The number of hydrogen-bond donors (Lipinski definition) is 1. The Labute approximate surface area is 59.5 Å². The molecule has 0 saturated heterocycles. The van der Waals surface area contributed by atoms with E-state index in [2.05, 4.69) is 9.94 Å².